The number of hydrogen-bond donors (Lipinski definition) is 2. The van der Waals surface area contributed by atoms with E-state index in [1.165, 1.54) is 12.1 Å². The van der Waals surface area contributed by atoms with Gasteiger partial charge in [0, 0.05) is 17.3 Å². The van der Waals surface area contributed by atoms with Crippen LogP contribution in [0.2, 0.25) is 0 Å². The number of aliphatic carboxylic acids is 1. The van der Waals surface area contributed by atoms with Crippen molar-refractivity contribution in [2.24, 2.45) is 0 Å². The van der Waals surface area contributed by atoms with Gasteiger partial charge in [0.2, 0.25) is 0 Å². The number of carboxylic acid groups (broad SMARTS) is 1. The fourth-order valence-electron chi connectivity index (χ4n) is 1.98. The van der Waals surface area contributed by atoms with Crippen LogP contribution >= 0.6 is 0 Å². The van der Waals surface area contributed by atoms with Crippen molar-refractivity contribution in [2.75, 3.05) is 5.32 Å². The second kappa shape index (κ2) is 5.69. The van der Waals surface area contributed by atoms with Gasteiger partial charge in [-0.15, -0.1) is 0 Å². The first-order chi connectivity index (χ1) is 8.80. The Balaban J connectivity index is 3.02. The van der Waals surface area contributed by atoms with Gasteiger partial charge in [-0.1, -0.05) is 13.3 Å². The maximum atomic E-state index is 11.3. The van der Waals surface area contributed by atoms with Crippen LogP contribution in [0.1, 0.15) is 32.3 Å². The van der Waals surface area contributed by atoms with Crippen LogP contribution in [0.15, 0.2) is 18.2 Å². The van der Waals surface area contributed by atoms with E-state index in [0.717, 1.165) is 6.42 Å². The molecule has 104 valence electrons. The van der Waals surface area contributed by atoms with Crippen LogP contribution in [-0.4, -0.2) is 21.5 Å². The average molecular weight is 266 g/mol. The Hall–Kier alpha value is -2.11. The van der Waals surface area contributed by atoms with Gasteiger partial charge >= 0.3 is 5.97 Å². The summed E-state index contributed by atoms with van der Waals surface area (Å²) in [5.74, 6) is -0.939. The first-order valence-electron chi connectivity index (χ1n) is 6.07. The highest BCUT2D eigenvalue weighted by atomic mass is 16.6. The minimum Gasteiger partial charge on any atom is -0.480 e. The lowest BCUT2D eigenvalue weighted by molar-refractivity contribution is -0.385. The molecular formula is C13H18N2O4. The third kappa shape index (κ3) is 3.43. The second-order valence-electron chi connectivity index (χ2n) is 4.77. The fourth-order valence-corrected chi connectivity index (χ4v) is 1.98. The molecule has 1 rings (SSSR count). The molecule has 0 saturated carbocycles. The van der Waals surface area contributed by atoms with Crippen LogP contribution in [0.4, 0.5) is 11.4 Å². The minimum absolute atomic E-state index is 0.0260. The molecule has 19 heavy (non-hydrogen) atoms. The number of benzene rings is 1. The number of nitro benzene ring substituents is 1. The zero-order valence-corrected chi connectivity index (χ0v) is 11.3. The summed E-state index contributed by atoms with van der Waals surface area (Å²) in [6.07, 6.45) is 1.19. The van der Waals surface area contributed by atoms with Gasteiger partial charge in [-0.3, -0.25) is 10.1 Å². The number of aryl methyl sites for hydroxylation is 1. The molecule has 1 aromatic rings. The van der Waals surface area contributed by atoms with Crippen molar-refractivity contribution in [1.82, 2.24) is 0 Å². The standard InChI is InChI=1S/C13H18N2O4/c1-4-7-13(3,12(16)17)14-10-5-6-11(15(18)19)9(2)8-10/h5-6,8,14H,4,7H2,1-3H3,(H,16,17). The maximum absolute atomic E-state index is 11.3. The van der Waals surface area contributed by atoms with E-state index in [1.54, 1.807) is 19.9 Å². The monoisotopic (exact) mass is 266 g/mol. The zero-order valence-electron chi connectivity index (χ0n) is 11.3. The average Bonchev–Trinajstić information content (AvgIpc) is 2.28. The molecule has 0 fully saturated rings. The van der Waals surface area contributed by atoms with Gasteiger partial charge in [0.15, 0.2) is 0 Å². The highest BCUT2D eigenvalue weighted by Gasteiger charge is 2.32. The molecule has 6 nitrogen and oxygen atoms in total. The molecule has 0 radical (unpaired) electrons. The molecule has 0 saturated heterocycles. The van der Waals surface area contributed by atoms with Gasteiger partial charge in [-0.05, 0) is 32.4 Å². The van der Waals surface area contributed by atoms with Crippen molar-refractivity contribution in [2.45, 2.75) is 39.2 Å². The summed E-state index contributed by atoms with van der Waals surface area (Å²) in [4.78, 5) is 21.6. The molecule has 0 spiro atoms. The summed E-state index contributed by atoms with van der Waals surface area (Å²) in [7, 11) is 0. The van der Waals surface area contributed by atoms with E-state index < -0.39 is 16.4 Å². The van der Waals surface area contributed by atoms with Crippen LogP contribution in [0.5, 0.6) is 0 Å². The largest absolute Gasteiger partial charge is 0.480 e. The van der Waals surface area contributed by atoms with Crippen molar-refractivity contribution in [3.8, 4) is 0 Å². The molecule has 0 bridgehead atoms. The molecule has 0 aromatic heterocycles. The Morgan fingerprint density at radius 3 is 2.58 bits per heavy atom. The Labute approximate surface area is 111 Å². The third-order valence-corrected chi connectivity index (χ3v) is 3.04. The second-order valence-corrected chi connectivity index (χ2v) is 4.77. The van der Waals surface area contributed by atoms with E-state index >= 15 is 0 Å². The summed E-state index contributed by atoms with van der Waals surface area (Å²) in [6.45, 7) is 5.14. The molecule has 0 aliphatic heterocycles. The van der Waals surface area contributed by atoms with Gasteiger partial charge in [0.25, 0.3) is 5.69 Å². The zero-order chi connectivity index (χ0) is 14.6. The SMILES string of the molecule is CCCC(C)(Nc1ccc([N+](=O)[O-])c(C)c1)C(=O)O. The van der Waals surface area contributed by atoms with E-state index in [2.05, 4.69) is 5.32 Å². The Morgan fingerprint density at radius 1 is 1.53 bits per heavy atom. The molecule has 0 amide bonds. The summed E-state index contributed by atoms with van der Waals surface area (Å²) >= 11 is 0. The van der Waals surface area contributed by atoms with Crippen molar-refractivity contribution in [3.63, 3.8) is 0 Å². The molecule has 2 N–H and O–H groups in total. The fraction of sp³-hybridized carbons (Fsp3) is 0.462. The van der Waals surface area contributed by atoms with Crippen molar-refractivity contribution >= 4 is 17.3 Å². The molecule has 1 unspecified atom stereocenters. The van der Waals surface area contributed by atoms with E-state index in [4.69, 9.17) is 0 Å². The number of hydrogen-bond acceptors (Lipinski definition) is 4. The number of nitrogens with zero attached hydrogens (tertiary/aromatic N) is 1. The Morgan fingerprint density at radius 2 is 2.16 bits per heavy atom. The number of anilines is 1. The first-order valence-corrected chi connectivity index (χ1v) is 6.07. The van der Waals surface area contributed by atoms with Gasteiger partial charge in [0.1, 0.15) is 5.54 Å². The van der Waals surface area contributed by atoms with Crippen molar-refractivity contribution in [3.05, 3.63) is 33.9 Å². The minimum atomic E-state index is -1.07. The van der Waals surface area contributed by atoms with E-state index in [1.807, 2.05) is 6.92 Å². The molecule has 1 aromatic carbocycles. The van der Waals surface area contributed by atoms with Crippen molar-refractivity contribution in [1.29, 1.82) is 0 Å². The number of carboxylic acids is 1. The number of nitro groups is 1. The third-order valence-electron chi connectivity index (χ3n) is 3.04. The Kier molecular flexibility index (Phi) is 4.47. The Bertz CT molecular complexity index is 501. The predicted molar refractivity (Wildman–Crippen MR) is 72.4 cm³/mol. The summed E-state index contributed by atoms with van der Waals surface area (Å²) < 4.78 is 0. The molecule has 0 heterocycles. The van der Waals surface area contributed by atoms with E-state index in [-0.39, 0.29) is 5.69 Å². The maximum Gasteiger partial charge on any atom is 0.329 e. The van der Waals surface area contributed by atoms with Crippen LogP contribution in [0, 0.1) is 17.0 Å². The van der Waals surface area contributed by atoms with Gasteiger partial charge in [-0.25, -0.2) is 4.79 Å². The molecule has 1 atom stereocenters. The lowest BCUT2D eigenvalue weighted by Crippen LogP contribution is -2.43. The van der Waals surface area contributed by atoms with Crippen LogP contribution in [-0.2, 0) is 4.79 Å². The highest BCUT2D eigenvalue weighted by Crippen LogP contribution is 2.25. The van der Waals surface area contributed by atoms with Crippen molar-refractivity contribution < 1.29 is 14.8 Å². The first kappa shape index (κ1) is 14.9. The number of nitrogens with one attached hydrogen (secondary N) is 1. The van der Waals surface area contributed by atoms with Gasteiger partial charge < -0.3 is 10.4 Å². The van der Waals surface area contributed by atoms with E-state index in [0.29, 0.717) is 17.7 Å². The highest BCUT2D eigenvalue weighted by molar-refractivity contribution is 5.82. The summed E-state index contributed by atoms with van der Waals surface area (Å²) in [6, 6.07) is 4.50. The molecule has 0 aliphatic carbocycles. The summed E-state index contributed by atoms with van der Waals surface area (Å²) in [5.41, 5.74) is 0.0240. The lowest BCUT2D eigenvalue weighted by Gasteiger charge is -2.27. The molecular weight excluding hydrogens is 248 g/mol. The van der Waals surface area contributed by atoms with Gasteiger partial charge in [0.05, 0.1) is 4.92 Å². The van der Waals surface area contributed by atoms with Crippen LogP contribution in [0.25, 0.3) is 0 Å². The lowest BCUT2D eigenvalue weighted by atomic mass is 9.95. The van der Waals surface area contributed by atoms with E-state index in [9.17, 15) is 20.0 Å². The van der Waals surface area contributed by atoms with Crippen LogP contribution in [0.3, 0.4) is 0 Å². The number of rotatable bonds is 6. The molecule has 0 aliphatic rings. The van der Waals surface area contributed by atoms with Crippen LogP contribution < -0.4 is 5.32 Å². The normalized spacial score (nSPS) is 13.6. The molecule has 6 heteroatoms. The quantitative estimate of drug-likeness (QED) is 0.610. The topological polar surface area (TPSA) is 92.5 Å². The summed E-state index contributed by atoms with van der Waals surface area (Å²) in [5, 5.41) is 22.9. The smallest absolute Gasteiger partial charge is 0.329 e. The van der Waals surface area contributed by atoms with Gasteiger partial charge in [-0.2, -0.15) is 0 Å². The predicted octanol–water partition coefficient (Wildman–Crippen LogP) is 2.96. The number of carbonyl (C=O) groups is 1.